The molecule has 0 aromatic heterocycles. The Labute approximate surface area is 161 Å². The third-order valence-electron chi connectivity index (χ3n) is 5.36. The Morgan fingerprint density at radius 2 is 1.81 bits per heavy atom. The molecule has 0 radical (unpaired) electrons. The second-order valence-electron chi connectivity index (χ2n) is 6.97. The van der Waals surface area contributed by atoms with Crippen LogP contribution in [0, 0.1) is 5.41 Å². The number of rotatable bonds is 4. The first kappa shape index (κ1) is 19.6. The van der Waals surface area contributed by atoms with Crippen LogP contribution in [0.15, 0.2) is 24.3 Å². The molecule has 4 N–H and O–H groups in total. The van der Waals surface area contributed by atoms with Crippen LogP contribution < -0.4 is 10.6 Å². The number of aliphatic hydroxyl groups excluding tert-OH is 2. The van der Waals surface area contributed by atoms with Crippen LogP contribution in [0.1, 0.15) is 19.3 Å². The molecule has 2 saturated heterocycles. The standard InChI is InChI=1S/C18H22ClN3O5/c19-11-3-1-2-4-12(11)21-15(25)13(23)14(24)16(26)22-9-6-18(7-10-22)5-8-20-17(18)27/h1-4,13-14,23-24H,5-10H2,(H,20,27)(H,21,25)/t13-,14-/m1/s1. The number of likely N-dealkylation sites (tertiary alicyclic amines) is 1. The summed E-state index contributed by atoms with van der Waals surface area (Å²) in [6.45, 7) is 1.22. The highest BCUT2D eigenvalue weighted by molar-refractivity contribution is 6.33. The second-order valence-corrected chi connectivity index (χ2v) is 7.38. The van der Waals surface area contributed by atoms with Crippen molar-refractivity contribution >= 4 is 35.0 Å². The summed E-state index contributed by atoms with van der Waals surface area (Å²) in [5.74, 6) is -1.65. The Morgan fingerprint density at radius 3 is 2.41 bits per heavy atom. The number of carbonyl (C=O) groups excluding carboxylic acids is 3. The van der Waals surface area contributed by atoms with Crippen LogP contribution in [0.5, 0.6) is 0 Å². The second kappa shape index (κ2) is 7.84. The van der Waals surface area contributed by atoms with Gasteiger partial charge in [0, 0.05) is 19.6 Å². The van der Waals surface area contributed by atoms with E-state index in [1.54, 1.807) is 18.2 Å². The topological polar surface area (TPSA) is 119 Å². The smallest absolute Gasteiger partial charge is 0.256 e. The lowest BCUT2D eigenvalue weighted by atomic mass is 9.77. The third-order valence-corrected chi connectivity index (χ3v) is 5.69. The molecule has 0 unspecified atom stereocenters. The molecule has 2 heterocycles. The van der Waals surface area contributed by atoms with Crippen LogP contribution in [-0.2, 0) is 14.4 Å². The Morgan fingerprint density at radius 1 is 1.15 bits per heavy atom. The van der Waals surface area contributed by atoms with Gasteiger partial charge in [-0.05, 0) is 31.4 Å². The molecule has 1 spiro atoms. The maximum Gasteiger partial charge on any atom is 0.256 e. The molecule has 0 saturated carbocycles. The molecule has 2 fully saturated rings. The van der Waals surface area contributed by atoms with Crippen LogP contribution >= 0.6 is 11.6 Å². The maximum atomic E-state index is 12.5. The van der Waals surface area contributed by atoms with Crippen molar-refractivity contribution in [2.24, 2.45) is 5.41 Å². The Bertz CT molecular complexity index is 748. The molecule has 8 nitrogen and oxygen atoms in total. The van der Waals surface area contributed by atoms with Gasteiger partial charge in [-0.25, -0.2) is 0 Å². The molecule has 2 aliphatic heterocycles. The number of anilines is 1. The lowest BCUT2D eigenvalue weighted by Crippen LogP contribution is -2.53. The van der Waals surface area contributed by atoms with Crippen LogP contribution in [0.25, 0.3) is 0 Å². The van der Waals surface area contributed by atoms with Crippen LogP contribution in [-0.4, -0.2) is 64.7 Å². The van der Waals surface area contributed by atoms with Gasteiger partial charge >= 0.3 is 0 Å². The average Bonchev–Trinajstić information content (AvgIpc) is 3.02. The fraction of sp³-hybridized carbons (Fsp3) is 0.500. The fourth-order valence-corrected chi connectivity index (χ4v) is 3.77. The van der Waals surface area contributed by atoms with Crippen LogP contribution in [0.3, 0.4) is 0 Å². The predicted molar refractivity (Wildman–Crippen MR) is 98.0 cm³/mol. The highest BCUT2D eigenvalue weighted by Crippen LogP contribution is 2.38. The van der Waals surface area contributed by atoms with E-state index in [1.807, 2.05) is 0 Å². The van der Waals surface area contributed by atoms with Crippen LogP contribution in [0.2, 0.25) is 5.02 Å². The van der Waals surface area contributed by atoms with Gasteiger partial charge in [-0.1, -0.05) is 23.7 Å². The van der Waals surface area contributed by atoms with Crippen molar-refractivity contribution in [1.82, 2.24) is 10.2 Å². The number of para-hydroxylation sites is 1. The first-order valence-corrected chi connectivity index (χ1v) is 9.20. The van der Waals surface area contributed by atoms with Crippen molar-refractivity contribution in [1.29, 1.82) is 0 Å². The predicted octanol–water partition coefficient (Wildman–Crippen LogP) is 0.129. The van der Waals surface area contributed by atoms with E-state index >= 15 is 0 Å². The van der Waals surface area contributed by atoms with Crippen LogP contribution in [0.4, 0.5) is 5.69 Å². The van der Waals surface area contributed by atoms with E-state index < -0.39 is 29.4 Å². The zero-order valence-electron chi connectivity index (χ0n) is 14.7. The molecule has 27 heavy (non-hydrogen) atoms. The Kier molecular flexibility index (Phi) is 5.69. The van der Waals surface area contributed by atoms with E-state index in [0.29, 0.717) is 32.5 Å². The minimum Gasteiger partial charge on any atom is -0.380 e. The van der Waals surface area contributed by atoms with E-state index in [2.05, 4.69) is 10.6 Å². The molecule has 3 rings (SSSR count). The Balaban J connectivity index is 1.57. The molecule has 2 aliphatic rings. The first-order chi connectivity index (χ1) is 12.8. The molecular formula is C18H22ClN3O5. The zero-order valence-corrected chi connectivity index (χ0v) is 15.4. The number of halogens is 1. The highest BCUT2D eigenvalue weighted by atomic mass is 35.5. The van der Waals surface area contributed by atoms with Gasteiger partial charge in [0.05, 0.1) is 16.1 Å². The number of nitrogens with zero attached hydrogens (tertiary/aromatic N) is 1. The minimum absolute atomic E-state index is 0.00861. The monoisotopic (exact) mass is 395 g/mol. The van der Waals surface area contributed by atoms with Gasteiger partial charge in [-0.15, -0.1) is 0 Å². The number of benzene rings is 1. The van der Waals surface area contributed by atoms with Gasteiger partial charge in [-0.3, -0.25) is 14.4 Å². The summed E-state index contributed by atoms with van der Waals surface area (Å²) >= 11 is 5.94. The summed E-state index contributed by atoms with van der Waals surface area (Å²) in [5.41, 5.74) is -0.170. The number of piperidine rings is 1. The van der Waals surface area contributed by atoms with Gasteiger partial charge in [0.25, 0.3) is 11.8 Å². The summed E-state index contributed by atoms with van der Waals surface area (Å²) in [6, 6.07) is 6.43. The number of aliphatic hydroxyl groups is 2. The number of carbonyl (C=O) groups is 3. The summed E-state index contributed by atoms with van der Waals surface area (Å²) in [7, 11) is 0. The third kappa shape index (κ3) is 3.92. The van der Waals surface area contributed by atoms with Crippen molar-refractivity contribution in [3.63, 3.8) is 0 Å². The minimum atomic E-state index is -1.93. The van der Waals surface area contributed by atoms with E-state index in [0.717, 1.165) is 6.42 Å². The Hall–Kier alpha value is -2.16. The fourth-order valence-electron chi connectivity index (χ4n) is 3.58. The molecule has 2 atom stereocenters. The van der Waals surface area contributed by atoms with Gasteiger partial charge in [0.2, 0.25) is 5.91 Å². The quantitative estimate of drug-likeness (QED) is 0.577. The highest BCUT2D eigenvalue weighted by Gasteiger charge is 2.46. The summed E-state index contributed by atoms with van der Waals surface area (Å²) in [5, 5.41) is 25.7. The van der Waals surface area contributed by atoms with Crippen molar-refractivity contribution in [3.05, 3.63) is 29.3 Å². The first-order valence-electron chi connectivity index (χ1n) is 8.83. The van der Waals surface area contributed by atoms with Gasteiger partial charge in [0.15, 0.2) is 12.2 Å². The zero-order chi connectivity index (χ0) is 19.6. The number of hydrogen-bond donors (Lipinski definition) is 4. The summed E-state index contributed by atoms with van der Waals surface area (Å²) < 4.78 is 0. The van der Waals surface area contributed by atoms with E-state index in [9.17, 15) is 24.6 Å². The number of nitrogens with one attached hydrogen (secondary N) is 2. The molecule has 0 bridgehead atoms. The van der Waals surface area contributed by atoms with E-state index in [4.69, 9.17) is 11.6 Å². The normalized spacial score (nSPS) is 20.9. The van der Waals surface area contributed by atoms with Crippen molar-refractivity contribution in [3.8, 4) is 0 Å². The lowest BCUT2D eigenvalue weighted by molar-refractivity contribution is -0.154. The SMILES string of the molecule is O=C(Nc1ccccc1Cl)[C@H](O)[C@@H](O)C(=O)N1CCC2(CCNC2=O)CC1. The van der Waals surface area contributed by atoms with E-state index in [1.165, 1.54) is 11.0 Å². The number of hydrogen-bond acceptors (Lipinski definition) is 5. The summed E-state index contributed by atoms with van der Waals surface area (Å²) in [6.07, 6.45) is -2.09. The van der Waals surface area contributed by atoms with Gasteiger partial charge < -0.3 is 25.7 Å². The lowest BCUT2D eigenvalue weighted by Gasteiger charge is -2.38. The molecule has 1 aromatic carbocycles. The van der Waals surface area contributed by atoms with Gasteiger partial charge in [0.1, 0.15) is 0 Å². The average molecular weight is 396 g/mol. The van der Waals surface area contributed by atoms with Crippen molar-refractivity contribution < 1.29 is 24.6 Å². The van der Waals surface area contributed by atoms with Crippen molar-refractivity contribution in [2.75, 3.05) is 25.0 Å². The molecule has 3 amide bonds. The molecule has 0 aliphatic carbocycles. The van der Waals surface area contributed by atoms with Crippen molar-refractivity contribution in [2.45, 2.75) is 31.5 Å². The molecule has 9 heteroatoms. The number of amides is 3. The molecule has 146 valence electrons. The molecule has 1 aromatic rings. The van der Waals surface area contributed by atoms with Gasteiger partial charge in [-0.2, -0.15) is 0 Å². The molecular weight excluding hydrogens is 374 g/mol. The van der Waals surface area contributed by atoms with E-state index in [-0.39, 0.29) is 16.6 Å². The summed E-state index contributed by atoms with van der Waals surface area (Å²) in [4.78, 5) is 38.0. The maximum absolute atomic E-state index is 12.5. The largest absolute Gasteiger partial charge is 0.380 e.